The molecule has 33 heavy (non-hydrogen) atoms. The lowest BCUT2D eigenvalue weighted by molar-refractivity contribution is -0.116. The Balaban J connectivity index is 1.54. The Hall–Kier alpha value is -3.38. The molecule has 4 rings (SSSR count). The Labute approximate surface area is 197 Å². The van der Waals surface area contributed by atoms with Crippen LogP contribution in [0.5, 0.6) is 0 Å². The third-order valence-corrected chi connectivity index (χ3v) is 6.05. The molecule has 5 nitrogen and oxygen atoms in total. The molecule has 1 unspecified atom stereocenters. The molecule has 0 bridgehead atoms. The molecule has 2 amide bonds. The number of nitrogens with zero attached hydrogens (tertiary/aromatic N) is 1. The Kier molecular flexibility index (Phi) is 7.25. The van der Waals surface area contributed by atoms with Gasteiger partial charge in [0.25, 0.3) is 5.91 Å². The van der Waals surface area contributed by atoms with E-state index in [0.29, 0.717) is 16.3 Å². The molecular formula is C26H25ClFN3O2. The quantitative estimate of drug-likeness (QED) is 0.479. The van der Waals surface area contributed by atoms with E-state index in [0.717, 1.165) is 31.5 Å². The molecule has 1 heterocycles. The third kappa shape index (κ3) is 5.52. The van der Waals surface area contributed by atoms with Crippen molar-refractivity contribution in [1.82, 2.24) is 5.32 Å². The summed E-state index contributed by atoms with van der Waals surface area (Å²) in [7, 11) is 0. The van der Waals surface area contributed by atoms with Crippen molar-refractivity contribution in [3.63, 3.8) is 0 Å². The van der Waals surface area contributed by atoms with Crippen LogP contribution in [0.3, 0.4) is 0 Å². The molecule has 0 radical (unpaired) electrons. The minimum Gasteiger partial charge on any atom is -0.370 e. The van der Waals surface area contributed by atoms with Gasteiger partial charge in [0.2, 0.25) is 5.91 Å². The molecule has 2 N–H and O–H groups in total. The molecule has 1 saturated heterocycles. The maximum Gasteiger partial charge on any atom is 0.253 e. The van der Waals surface area contributed by atoms with Gasteiger partial charge in [0.15, 0.2) is 0 Å². The normalized spacial score (nSPS) is 14.1. The molecule has 170 valence electrons. The smallest absolute Gasteiger partial charge is 0.253 e. The van der Waals surface area contributed by atoms with Gasteiger partial charge in [-0.1, -0.05) is 60.1 Å². The van der Waals surface area contributed by atoms with E-state index in [1.54, 1.807) is 30.3 Å². The van der Waals surface area contributed by atoms with E-state index in [1.165, 1.54) is 6.07 Å². The van der Waals surface area contributed by atoms with Crippen molar-refractivity contribution in [3.8, 4) is 0 Å². The number of para-hydroxylation sites is 1. The molecule has 1 aliphatic heterocycles. The highest BCUT2D eigenvalue weighted by Crippen LogP contribution is 2.32. The SMILES string of the molecule is O=C(CC(NC(=O)c1ccccc1Cl)c1ccccc1)Nc1c(F)cccc1N1CCCC1. The Morgan fingerprint density at radius 3 is 2.36 bits per heavy atom. The maximum atomic E-state index is 14.7. The molecule has 1 atom stereocenters. The fourth-order valence-corrected chi connectivity index (χ4v) is 4.27. The summed E-state index contributed by atoms with van der Waals surface area (Å²) in [6.45, 7) is 1.65. The third-order valence-electron chi connectivity index (χ3n) is 5.72. The average Bonchev–Trinajstić information content (AvgIpc) is 3.35. The first-order valence-corrected chi connectivity index (χ1v) is 11.3. The van der Waals surface area contributed by atoms with Gasteiger partial charge in [-0.15, -0.1) is 0 Å². The van der Waals surface area contributed by atoms with Crippen molar-refractivity contribution in [3.05, 3.63) is 94.8 Å². The van der Waals surface area contributed by atoms with E-state index < -0.39 is 17.8 Å². The average molecular weight is 466 g/mol. The predicted octanol–water partition coefficient (Wildman–Crippen LogP) is 5.58. The second kappa shape index (κ2) is 10.5. The van der Waals surface area contributed by atoms with Gasteiger partial charge in [-0.2, -0.15) is 0 Å². The first-order valence-electron chi connectivity index (χ1n) is 11.0. The van der Waals surface area contributed by atoms with Crippen molar-refractivity contribution in [2.24, 2.45) is 0 Å². The summed E-state index contributed by atoms with van der Waals surface area (Å²) >= 11 is 6.17. The van der Waals surface area contributed by atoms with Crippen LogP contribution in [0.2, 0.25) is 5.02 Å². The van der Waals surface area contributed by atoms with E-state index in [9.17, 15) is 14.0 Å². The summed E-state index contributed by atoms with van der Waals surface area (Å²) < 4.78 is 14.7. The molecule has 1 aliphatic rings. The van der Waals surface area contributed by atoms with Gasteiger partial charge in [-0.25, -0.2) is 4.39 Å². The van der Waals surface area contributed by atoms with Gasteiger partial charge in [-0.05, 0) is 42.7 Å². The number of hydrogen-bond acceptors (Lipinski definition) is 3. The van der Waals surface area contributed by atoms with Crippen molar-refractivity contribution in [1.29, 1.82) is 0 Å². The van der Waals surface area contributed by atoms with E-state index in [-0.39, 0.29) is 18.0 Å². The number of halogens is 2. The van der Waals surface area contributed by atoms with Gasteiger partial charge in [0, 0.05) is 13.1 Å². The number of benzene rings is 3. The van der Waals surface area contributed by atoms with Gasteiger partial charge in [0.1, 0.15) is 11.5 Å². The van der Waals surface area contributed by atoms with E-state index in [2.05, 4.69) is 15.5 Å². The van der Waals surface area contributed by atoms with Crippen LogP contribution in [-0.4, -0.2) is 24.9 Å². The Morgan fingerprint density at radius 2 is 1.64 bits per heavy atom. The number of anilines is 2. The van der Waals surface area contributed by atoms with Gasteiger partial charge >= 0.3 is 0 Å². The fraction of sp³-hybridized carbons (Fsp3) is 0.231. The highest BCUT2D eigenvalue weighted by molar-refractivity contribution is 6.33. The van der Waals surface area contributed by atoms with Crippen LogP contribution in [0.4, 0.5) is 15.8 Å². The molecule has 0 aliphatic carbocycles. The fourth-order valence-electron chi connectivity index (χ4n) is 4.05. The largest absolute Gasteiger partial charge is 0.370 e. The topological polar surface area (TPSA) is 61.4 Å². The monoisotopic (exact) mass is 465 g/mol. The summed E-state index contributed by atoms with van der Waals surface area (Å²) in [5, 5.41) is 5.98. The van der Waals surface area contributed by atoms with Crippen molar-refractivity contribution >= 4 is 34.8 Å². The zero-order chi connectivity index (χ0) is 23.2. The lowest BCUT2D eigenvalue weighted by atomic mass is 10.0. The number of rotatable bonds is 7. The number of nitrogens with one attached hydrogen (secondary N) is 2. The van der Waals surface area contributed by atoms with Gasteiger partial charge in [-0.3, -0.25) is 9.59 Å². The minimum atomic E-state index is -0.614. The Bertz CT molecular complexity index is 1130. The molecule has 0 spiro atoms. The second-order valence-corrected chi connectivity index (χ2v) is 8.40. The standard InChI is InChI=1S/C26H25ClFN3O2/c27-20-12-5-4-11-19(20)26(33)29-22(18-9-2-1-3-10-18)17-24(32)30-25-21(28)13-8-14-23(25)31-15-6-7-16-31/h1-5,8-14,22H,6-7,15-17H2,(H,29,33)(H,30,32). The van der Waals surface area contributed by atoms with Crippen LogP contribution in [0.15, 0.2) is 72.8 Å². The summed E-state index contributed by atoms with van der Waals surface area (Å²) in [6.07, 6.45) is 2.01. The van der Waals surface area contributed by atoms with Crippen LogP contribution in [-0.2, 0) is 4.79 Å². The summed E-state index contributed by atoms with van der Waals surface area (Å²) in [4.78, 5) is 28.0. The Morgan fingerprint density at radius 1 is 0.939 bits per heavy atom. The first kappa shape index (κ1) is 22.8. The molecule has 1 fully saturated rings. The zero-order valence-electron chi connectivity index (χ0n) is 18.1. The van der Waals surface area contributed by atoms with Crippen LogP contribution >= 0.6 is 11.6 Å². The number of amides is 2. The number of carbonyl (C=O) groups excluding carboxylic acids is 2. The van der Waals surface area contributed by atoms with Crippen molar-refractivity contribution in [2.45, 2.75) is 25.3 Å². The second-order valence-electron chi connectivity index (χ2n) is 8.00. The van der Waals surface area contributed by atoms with E-state index in [4.69, 9.17) is 11.6 Å². The van der Waals surface area contributed by atoms with Crippen molar-refractivity contribution < 1.29 is 14.0 Å². The molecular weight excluding hydrogens is 441 g/mol. The summed E-state index contributed by atoms with van der Waals surface area (Å²) in [6, 6.07) is 20.1. The minimum absolute atomic E-state index is 0.0615. The molecule has 7 heteroatoms. The van der Waals surface area contributed by atoms with Gasteiger partial charge < -0.3 is 15.5 Å². The molecule has 0 saturated carbocycles. The van der Waals surface area contributed by atoms with Crippen LogP contribution in [0.25, 0.3) is 0 Å². The predicted molar refractivity (Wildman–Crippen MR) is 129 cm³/mol. The van der Waals surface area contributed by atoms with E-state index in [1.807, 2.05) is 36.4 Å². The number of carbonyl (C=O) groups is 2. The zero-order valence-corrected chi connectivity index (χ0v) is 18.8. The summed E-state index contributed by atoms with van der Waals surface area (Å²) in [5.74, 6) is -1.26. The first-order chi connectivity index (χ1) is 16.0. The summed E-state index contributed by atoms with van der Waals surface area (Å²) in [5.41, 5.74) is 1.94. The van der Waals surface area contributed by atoms with Crippen molar-refractivity contribution in [2.75, 3.05) is 23.3 Å². The highest BCUT2D eigenvalue weighted by atomic mass is 35.5. The maximum absolute atomic E-state index is 14.7. The lowest BCUT2D eigenvalue weighted by Gasteiger charge is -2.23. The molecule has 3 aromatic rings. The van der Waals surface area contributed by atoms with Crippen LogP contribution in [0.1, 0.15) is 41.2 Å². The molecule has 0 aromatic heterocycles. The number of hydrogen-bond donors (Lipinski definition) is 2. The highest BCUT2D eigenvalue weighted by Gasteiger charge is 2.23. The molecule has 3 aromatic carbocycles. The van der Waals surface area contributed by atoms with Crippen LogP contribution < -0.4 is 15.5 Å². The lowest BCUT2D eigenvalue weighted by Crippen LogP contribution is -2.32. The van der Waals surface area contributed by atoms with Gasteiger partial charge in [0.05, 0.1) is 28.7 Å². The van der Waals surface area contributed by atoms with E-state index >= 15 is 0 Å². The van der Waals surface area contributed by atoms with Crippen LogP contribution in [0, 0.1) is 5.82 Å².